The zero-order valence-electron chi connectivity index (χ0n) is 7.22. The molecule has 11 heavy (non-hydrogen) atoms. The Morgan fingerprint density at radius 2 is 2.27 bits per heavy atom. The third-order valence-electron chi connectivity index (χ3n) is 2.00. The van der Waals surface area contributed by atoms with Crippen LogP contribution in [0.15, 0.2) is 5.18 Å². The molecule has 0 aliphatic rings. The summed E-state index contributed by atoms with van der Waals surface area (Å²) in [5.41, 5.74) is 0.524. The summed E-state index contributed by atoms with van der Waals surface area (Å²) in [6.45, 7) is 2.01. The van der Waals surface area contributed by atoms with Crippen LogP contribution in [0.2, 0.25) is 5.54 Å². The van der Waals surface area contributed by atoms with Gasteiger partial charge in [-0.2, -0.15) is 4.91 Å². The molecule has 0 aromatic heterocycles. The predicted octanol–water partition coefficient (Wildman–Crippen LogP) is 1.70. The standard InChI is InChI=1S/C7H16ClNOSi/c1-2-6(9-10)7(11)4-3-5-8/h6-7H,2-5H2,1,11H3. The average Bonchev–Trinajstić information content (AvgIpc) is 2.03. The lowest BCUT2D eigenvalue weighted by Gasteiger charge is -2.14. The molecule has 2 nitrogen and oxygen atoms in total. The van der Waals surface area contributed by atoms with Crippen LogP contribution in [0.25, 0.3) is 0 Å². The van der Waals surface area contributed by atoms with Crippen molar-refractivity contribution < 1.29 is 0 Å². The van der Waals surface area contributed by atoms with Crippen molar-refractivity contribution in [3.63, 3.8) is 0 Å². The van der Waals surface area contributed by atoms with E-state index in [1.807, 2.05) is 6.92 Å². The van der Waals surface area contributed by atoms with Gasteiger partial charge in [-0.1, -0.05) is 18.5 Å². The van der Waals surface area contributed by atoms with E-state index in [0.717, 1.165) is 29.5 Å². The molecule has 4 heteroatoms. The summed E-state index contributed by atoms with van der Waals surface area (Å²) >= 11 is 5.54. The maximum Gasteiger partial charge on any atom is 0.0913 e. The molecule has 0 aromatic carbocycles. The Morgan fingerprint density at radius 1 is 1.64 bits per heavy atom. The maximum absolute atomic E-state index is 10.3. The van der Waals surface area contributed by atoms with E-state index < -0.39 is 0 Å². The minimum absolute atomic E-state index is 0.0462. The van der Waals surface area contributed by atoms with Gasteiger partial charge in [0.15, 0.2) is 0 Å². The fourth-order valence-electron chi connectivity index (χ4n) is 1.17. The molecule has 0 saturated heterocycles. The van der Waals surface area contributed by atoms with Gasteiger partial charge in [-0.05, 0) is 18.4 Å². The summed E-state index contributed by atoms with van der Waals surface area (Å²) in [4.78, 5) is 10.3. The number of hydrogen-bond donors (Lipinski definition) is 0. The number of alkyl halides is 1. The Balaban J connectivity index is 3.59. The maximum atomic E-state index is 10.3. The smallest absolute Gasteiger partial charge is 0.0913 e. The van der Waals surface area contributed by atoms with E-state index in [1.54, 1.807) is 0 Å². The first-order valence-electron chi connectivity index (χ1n) is 4.14. The van der Waals surface area contributed by atoms with Gasteiger partial charge in [-0.3, -0.25) is 0 Å². The topological polar surface area (TPSA) is 29.4 Å². The van der Waals surface area contributed by atoms with E-state index in [1.165, 1.54) is 0 Å². The number of hydrogen-bond acceptors (Lipinski definition) is 2. The molecule has 0 bridgehead atoms. The van der Waals surface area contributed by atoms with E-state index in [0.29, 0.717) is 11.4 Å². The summed E-state index contributed by atoms with van der Waals surface area (Å²) in [6.07, 6.45) is 2.96. The van der Waals surface area contributed by atoms with E-state index in [-0.39, 0.29) is 6.04 Å². The summed E-state index contributed by atoms with van der Waals surface area (Å²) in [7, 11) is 1.05. The molecule has 0 heterocycles. The van der Waals surface area contributed by atoms with Gasteiger partial charge in [0.25, 0.3) is 0 Å². The number of rotatable bonds is 6. The van der Waals surface area contributed by atoms with Gasteiger partial charge in [-0.25, -0.2) is 0 Å². The SMILES string of the molecule is CCC(N=O)C([SiH3])CCCCl. The summed E-state index contributed by atoms with van der Waals surface area (Å²) in [6, 6.07) is 0.0462. The molecule has 0 aromatic rings. The fraction of sp³-hybridized carbons (Fsp3) is 1.00. The van der Waals surface area contributed by atoms with Crippen molar-refractivity contribution in [2.24, 2.45) is 5.18 Å². The molecule has 0 spiro atoms. The average molecular weight is 194 g/mol. The molecule has 0 aliphatic heterocycles. The Bertz CT molecular complexity index is 113. The van der Waals surface area contributed by atoms with E-state index in [9.17, 15) is 4.91 Å². The lowest BCUT2D eigenvalue weighted by molar-refractivity contribution is 0.562. The zero-order valence-corrected chi connectivity index (χ0v) is 9.97. The van der Waals surface area contributed by atoms with Gasteiger partial charge >= 0.3 is 0 Å². The highest BCUT2D eigenvalue weighted by Gasteiger charge is 2.14. The summed E-state index contributed by atoms with van der Waals surface area (Å²) in [5, 5.41) is 3.10. The summed E-state index contributed by atoms with van der Waals surface area (Å²) in [5.74, 6) is 0.702. The van der Waals surface area contributed by atoms with Crippen molar-refractivity contribution in [1.29, 1.82) is 0 Å². The van der Waals surface area contributed by atoms with Crippen LogP contribution in [0.1, 0.15) is 26.2 Å². The zero-order chi connectivity index (χ0) is 8.69. The van der Waals surface area contributed by atoms with Crippen molar-refractivity contribution in [2.45, 2.75) is 37.8 Å². The molecule has 0 fully saturated rings. The minimum Gasteiger partial charge on any atom is -0.151 e. The van der Waals surface area contributed by atoms with Gasteiger partial charge in [0.05, 0.1) is 6.04 Å². The molecule has 2 unspecified atom stereocenters. The molecule has 2 atom stereocenters. The van der Waals surface area contributed by atoms with Gasteiger partial charge in [0.1, 0.15) is 0 Å². The second-order valence-corrected chi connectivity index (χ2v) is 4.75. The van der Waals surface area contributed by atoms with Crippen molar-refractivity contribution >= 4 is 21.8 Å². The Morgan fingerprint density at radius 3 is 2.64 bits per heavy atom. The molecule has 0 amide bonds. The third kappa shape index (κ3) is 4.53. The van der Waals surface area contributed by atoms with Gasteiger partial charge in [0.2, 0.25) is 0 Å². The van der Waals surface area contributed by atoms with E-state index >= 15 is 0 Å². The fourth-order valence-corrected chi connectivity index (χ4v) is 2.33. The van der Waals surface area contributed by atoms with Gasteiger partial charge in [-0.15, -0.1) is 11.6 Å². The number of nitroso groups, excluding NO2 is 1. The normalized spacial score (nSPS) is 16.2. The monoisotopic (exact) mass is 193 g/mol. The lowest BCUT2D eigenvalue weighted by Crippen LogP contribution is -2.11. The third-order valence-corrected chi connectivity index (χ3v) is 3.62. The van der Waals surface area contributed by atoms with Crippen LogP contribution in [-0.4, -0.2) is 22.2 Å². The van der Waals surface area contributed by atoms with Crippen LogP contribution in [0.3, 0.4) is 0 Å². The van der Waals surface area contributed by atoms with Crippen LogP contribution in [-0.2, 0) is 0 Å². The first-order chi connectivity index (χ1) is 5.26. The molecular weight excluding hydrogens is 178 g/mol. The van der Waals surface area contributed by atoms with Gasteiger partial charge < -0.3 is 0 Å². The van der Waals surface area contributed by atoms with Crippen LogP contribution < -0.4 is 0 Å². The predicted molar refractivity (Wildman–Crippen MR) is 53.5 cm³/mol. The quantitative estimate of drug-likeness (QED) is 0.359. The van der Waals surface area contributed by atoms with Crippen molar-refractivity contribution in [1.82, 2.24) is 0 Å². The largest absolute Gasteiger partial charge is 0.151 e. The lowest BCUT2D eigenvalue weighted by atomic mass is 10.1. The van der Waals surface area contributed by atoms with Crippen molar-refractivity contribution in [2.75, 3.05) is 5.88 Å². The minimum atomic E-state index is 0.0462. The highest BCUT2D eigenvalue weighted by Crippen LogP contribution is 2.19. The summed E-state index contributed by atoms with van der Waals surface area (Å²) < 4.78 is 0. The second-order valence-electron chi connectivity index (χ2n) is 2.89. The second kappa shape index (κ2) is 6.79. The molecule has 66 valence electrons. The molecule has 0 aliphatic carbocycles. The van der Waals surface area contributed by atoms with Crippen LogP contribution in [0.5, 0.6) is 0 Å². The Labute approximate surface area is 76.1 Å². The molecule has 0 radical (unpaired) electrons. The number of halogens is 1. The highest BCUT2D eigenvalue weighted by atomic mass is 35.5. The molecular formula is C7H16ClNOSi. The van der Waals surface area contributed by atoms with Crippen molar-refractivity contribution in [3.05, 3.63) is 4.91 Å². The first kappa shape index (κ1) is 11.1. The Kier molecular flexibility index (Phi) is 6.86. The molecule has 0 N–H and O–H groups in total. The van der Waals surface area contributed by atoms with Gasteiger partial charge in [0, 0.05) is 16.1 Å². The molecule has 0 saturated carbocycles. The Hall–Kier alpha value is 0.107. The first-order valence-corrected chi connectivity index (χ1v) is 5.83. The molecule has 0 rings (SSSR count). The number of nitrogens with zero attached hydrogens (tertiary/aromatic N) is 1. The van der Waals surface area contributed by atoms with Crippen molar-refractivity contribution in [3.8, 4) is 0 Å². The van der Waals surface area contributed by atoms with E-state index in [4.69, 9.17) is 11.6 Å². The van der Waals surface area contributed by atoms with Crippen LogP contribution in [0, 0.1) is 4.91 Å². The highest BCUT2D eigenvalue weighted by molar-refractivity contribution is 6.18. The van der Waals surface area contributed by atoms with Crippen LogP contribution >= 0.6 is 11.6 Å². The van der Waals surface area contributed by atoms with E-state index in [2.05, 4.69) is 5.18 Å². The van der Waals surface area contributed by atoms with Crippen LogP contribution in [0.4, 0.5) is 0 Å².